The lowest BCUT2D eigenvalue weighted by Crippen LogP contribution is -2.24. The Morgan fingerprint density at radius 1 is 1.15 bits per heavy atom. The Bertz CT molecular complexity index is 886. The van der Waals surface area contributed by atoms with E-state index in [-0.39, 0.29) is 21.4 Å². The van der Waals surface area contributed by atoms with E-state index in [1.807, 2.05) is 0 Å². The zero-order chi connectivity index (χ0) is 19.1. The molecule has 2 amide bonds. The highest BCUT2D eigenvalue weighted by molar-refractivity contribution is 6.44. The van der Waals surface area contributed by atoms with Crippen LogP contribution in [0.5, 0.6) is 0 Å². The van der Waals surface area contributed by atoms with Crippen LogP contribution >= 0.6 is 23.2 Å². The van der Waals surface area contributed by atoms with Crippen LogP contribution in [0, 0.1) is 10.1 Å². The monoisotopic (exact) mass is 394 g/mol. The number of carbonyl (C=O) groups is 2. The first kappa shape index (κ1) is 19.4. The van der Waals surface area contributed by atoms with Gasteiger partial charge in [0.1, 0.15) is 6.42 Å². The molecule has 0 aliphatic carbocycles. The molecule has 0 aliphatic rings. The lowest BCUT2D eigenvalue weighted by Gasteiger charge is -2.07. The zero-order valence-corrected chi connectivity index (χ0v) is 14.6. The van der Waals surface area contributed by atoms with Gasteiger partial charge in [-0.3, -0.25) is 19.7 Å². The number of hydrogen-bond donors (Lipinski definition) is 2. The van der Waals surface area contributed by atoms with Crippen LogP contribution in [0.2, 0.25) is 10.0 Å². The molecule has 0 aromatic heterocycles. The number of carbonyl (C=O) groups excluding carboxylic acids is 2. The van der Waals surface area contributed by atoms with Crippen molar-refractivity contribution >= 4 is 52.6 Å². The second-order valence-electron chi connectivity index (χ2n) is 4.97. The first-order valence-corrected chi connectivity index (χ1v) is 7.92. The van der Waals surface area contributed by atoms with Gasteiger partial charge in [0.25, 0.3) is 5.69 Å². The number of hydrogen-bond acceptors (Lipinski definition) is 5. The summed E-state index contributed by atoms with van der Waals surface area (Å²) < 4.78 is 0. The number of nitrogens with zero attached hydrogens (tertiary/aromatic N) is 2. The molecule has 2 aromatic rings. The minimum absolute atomic E-state index is 0.0990. The van der Waals surface area contributed by atoms with E-state index in [2.05, 4.69) is 15.8 Å². The molecule has 26 heavy (non-hydrogen) atoms. The molecule has 0 aliphatic heterocycles. The Morgan fingerprint density at radius 2 is 1.88 bits per heavy atom. The van der Waals surface area contributed by atoms with Crippen LogP contribution in [0.3, 0.4) is 0 Å². The minimum Gasteiger partial charge on any atom is -0.324 e. The number of halogens is 2. The van der Waals surface area contributed by atoms with E-state index >= 15 is 0 Å². The first-order chi connectivity index (χ1) is 12.4. The number of rotatable bonds is 6. The van der Waals surface area contributed by atoms with Gasteiger partial charge in [0.15, 0.2) is 0 Å². The van der Waals surface area contributed by atoms with Crippen molar-refractivity contribution in [2.75, 3.05) is 5.32 Å². The van der Waals surface area contributed by atoms with Crippen LogP contribution in [-0.4, -0.2) is 23.0 Å². The van der Waals surface area contributed by atoms with Gasteiger partial charge in [-0.15, -0.1) is 0 Å². The summed E-state index contributed by atoms with van der Waals surface area (Å²) in [5, 5.41) is 17.3. The van der Waals surface area contributed by atoms with Crippen LogP contribution in [0.4, 0.5) is 11.4 Å². The number of nitrogens with one attached hydrogen (secondary N) is 2. The molecule has 0 spiro atoms. The predicted molar refractivity (Wildman–Crippen MR) is 98.5 cm³/mol. The molecule has 2 N–H and O–H groups in total. The molecule has 134 valence electrons. The van der Waals surface area contributed by atoms with Crippen LogP contribution in [0.25, 0.3) is 0 Å². The van der Waals surface area contributed by atoms with Crippen LogP contribution < -0.4 is 10.7 Å². The van der Waals surface area contributed by atoms with Gasteiger partial charge >= 0.3 is 0 Å². The minimum atomic E-state index is -0.665. The maximum atomic E-state index is 11.8. The standard InChI is InChI=1S/C16H12Cl2N4O4/c17-12-5-2-6-13(16(12)18)20-14(23)8-15(24)21-19-9-10-3-1-4-11(7-10)22(25)26/h1-7,9H,8H2,(H,20,23)(H,21,24). The van der Waals surface area contributed by atoms with Crippen molar-refractivity contribution in [1.29, 1.82) is 0 Å². The summed E-state index contributed by atoms with van der Waals surface area (Å²) in [6, 6.07) is 10.4. The molecule has 2 rings (SSSR count). The fourth-order valence-corrected chi connectivity index (χ4v) is 2.23. The van der Waals surface area contributed by atoms with Crippen molar-refractivity contribution in [3.05, 3.63) is 68.2 Å². The van der Waals surface area contributed by atoms with E-state index in [1.54, 1.807) is 24.3 Å². The lowest BCUT2D eigenvalue weighted by atomic mass is 10.2. The number of non-ortho nitro benzene ring substituents is 1. The van der Waals surface area contributed by atoms with E-state index in [1.165, 1.54) is 24.4 Å². The maximum Gasteiger partial charge on any atom is 0.270 e. The lowest BCUT2D eigenvalue weighted by molar-refractivity contribution is -0.384. The Morgan fingerprint density at radius 3 is 2.62 bits per heavy atom. The molecule has 8 nitrogen and oxygen atoms in total. The molecule has 10 heteroatoms. The molecule has 0 radical (unpaired) electrons. The third-order valence-corrected chi connectivity index (χ3v) is 3.85. The normalized spacial score (nSPS) is 10.5. The van der Waals surface area contributed by atoms with Crippen molar-refractivity contribution in [3.8, 4) is 0 Å². The van der Waals surface area contributed by atoms with E-state index in [0.717, 1.165) is 0 Å². The molecule has 0 heterocycles. The van der Waals surface area contributed by atoms with Gasteiger partial charge < -0.3 is 5.32 Å². The van der Waals surface area contributed by atoms with Crippen molar-refractivity contribution in [2.24, 2.45) is 5.10 Å². The SMILES string of the molecule is O=C(CC(=O)Nc1cccc(Cl)c1Cl)NN=Cc1cccc([N+](=O)[O-])c1. The summed E-state index contributed by atoms with van der Waals surface area (Å²) in [6.45, 7) is 0. The third kappa shape index (κ3) is 5.54. The Balaban J connectivity index is 1.88. The highest BCUT2D eigenvalue weighted by atomic mass is 35.5. The van der Waals surface area contributed by atoms with Crippen molar-refractivity contribution in [1.82, 2.24) is 5.43 Å². The fourth-order valence-electron chi connectivity index (χ4n) is 1.88. The van der Waals surface area contributed by atoms with Crippen LogP contribution in [-0.2, 0) is 9.59 Å². The zero-order valence-electron chi connectivity index (χ0n) is 13.1. The van der Waals surface area contributed by atoms with Crippen molar-refractivity contribution < 1.29 is 14.5 Å². The van der Waals surface area contributed by atoms with Crippen molar-refractivity contribution in [2.45, 2.75) is 6.42 Å². The maximum absolute atomic E-state index is 11.8. The van der Waals surface area contributed by atoms with Gasteiger partial charge in [0, 0.05) is 17.7 Å². The van der Waals surface area contributed by atoms with Crippen LogP contribution in [0.15, 0.2) is 47.6 Å². The summed E-state index contributed by atoms with van der Waals surface area (Å²) >= 11 is 11.8. The highest BCUT2D eigenvalue weighted by Crippen LogP contribution is 2.29. The molecular weight excluding hydrogens is 383 g/mol. The third-order valence-electron chi connectivity index (χ3n) is 3.03. The quantitative estimate of drug-likeness (QED) is 0.338. The van der Waals surface area contributed by atoms with Gasteiger partial charge in [0.2, 0.25) is 11.8 Å². The van der Waals surface area contributed by atoms with E-state index in [4.69, 9.17) is 23.2 Å². The van der Waals surface area contributed by atoms with Crippen LogP contribution in [0.1, 0.15) is 12.0 Å². The Labute approximate surface area is 157 Å². The number of nitro benzene ring substituents is 1. The summed E-state index contributed by atoms with van der Waals surface area (Å²) in [4.78, 5) is 33.7. The first-order valence-electron chi connectivity index (χ1n) is 7.17. The summed E-state index contributed by atoms with van der Waals surface area (Å²) in [7, 11) is 0. The average molecular weight is 395 g/mol. The molecule has 2 aromatic carbocycles. The van der Waals surface area contributed by atoms with E-state index in [9.17, 15) is 19.7 Å². The fraction of sp³-hybridized carbons (Fsp3) is 0.0625. The summed E-state index contributed by atoms with van der Waals surface area (Å²) in [5.41, 5.74) is 2.78. The largest absolute Gasteiger partial charge is 0.324 e. The van der Waals surface area contributed by atoms with Crippen molar-refractivity contribution in [3.63, 3.8) is 0 Å². The second kappa shape index (κ2) is 8.93. The van der Waals surface area contributed by atoms with Gasteiger partial charge in [-0.05, 0) is 12.1 Å². The topological polar surface area (TPSA) is 114 Å². The Hall–Kier alpha value is -2.97. The number of anilines is 1. The predicted octanol–water partition coefficient (Wildman–Crippen LogP) is 3.38. The number of hydrazone groups is 1. The molecule has 0 bridgehead atoms. The summed E-state index contributed by atoms with van der Waals surface area (Å²) in [6.07, 6.45) is 0.742. The van der Waals surface area contributed by atoms with Gasteiger partial charge in [0.05, 0.1) is 26.9 Å². The molecule has 0 saturated heterocycles. The van der Waals surface area contributed by atoms with Gasteiger partial charge in [-0.1, -0.05) is 41.4 Å². The highest BCUT2D eigenvalue weighted by Gasteiger charge is 2.12. The number of nitro groups is 1. The molecular formula is C16H12Cl2N4O4. The molecule has 0 atom stereocenters. The average Bonchev–Trinajstić information content (AvgIpc) is 2.59. The molecule has 0 unspecified atom stereocenters. The molecule has 0 saturated carbocycles. The Kier molecular flexibility index (Phi) is 6.65. The number of benzene rings is 2. The van der Waals surface area contributed by atoms with Gasteiger partial charge in [-0.25, -0.2) is 5.43 Å². The number of amides is 2. The summed E-state index contributed by atoms with van der Waals surface area (Å²) in [5.74, 6) is -1.26. The second-order valence-corrected chi connectivity index (χ2v) is 5.76. The molecule has 0 fully saturated rings. The van der Waals surface area contributed by atoms with Gasteiger partial charge in [-0.2, -0.15) is 5.10 Å². The van der Waals surface area contributed by atoms with E-state index < -0.39 is 23.2 Å². The van der Waals surface area contributed by atoms with E-state index in [0.29, 0.717) is 5.56 Å². The smallest absolute Gasteiger partial charge is 0.270 e.